The van der Waals surface area contributed by atoms with Crippen LogP contribution in [0.1, 0.15) is 79.9 Å². The molecule has 1 aromatic heterocycles. The number of carbonyl (C=O) groups excluding carboxylic acids is 2. The molecule has 1 N–H and O–H groups in total. The topological polar surface area (TPSA) is 106 Å². The van der Waals surface area contributed by atoms with Crippen molar-refractivity contribution in [2.24, 2.45) is 17.3 Å². The van der Waals surface area contributed by atoms with Crippen LogP contribution in [0, 0.1) is 24.2 Å². The summed E-state index contributed by atoms with van der Waals surface area (Å²) in [5.41, 5.74) is 3.38. The summed E-state index contributed by atoms with van der Waals surface area (Å²) in [4.78, 5) is 46.2. The van der Waals surface area contributed by atoms with Crippen LogP contribution in [0.2, 0.25) is 0 Å². The number of carboxylic acids is 1. The molecule has 0 unspecified atom stereocenters. The number of ketones is 1. The van der Waals surface area contributed by atoms with Crippen molar-refractivity contribution in [2.75, 3.05) is 14.2 Å². The standard InChI is InChI=1S/C33H38N2O6/c1-17(2)22-14-25-29(31(37)35(22)4)30(28-23(36)15-33(12-7-13-33)16-26(28)41-25)27-18(3)19(10-11-24(27)40-5)20-8-6-9-21(34-20)32(38)39/h6,8-11,17,22,25,29-30H,7,12-16H2,1-5H3,(H,38,39)/t22-,25-,29-,30-/m0/s1. The number of aromatic carboxylic acids is 1. The van der Waals surface area contributed by atoms with E-state index in [0.717, 1.165) is 48.1 Å². The summed E-state index contributed by atoms with van der Waals surface area (Å²) in [6.45, 7) is 6.20. The first-order chi connectivity index (χ1) is 19.5. The number of hydrogen-bond donors (Lipinski definition) is 1. The first-order valence-corrected chi connectivity index (χ1v) is 14.6. The number of hydrogen-bond acceptors (Lipinski definition) is 6. The molecule has 3 heterocycles. The van der Waals surface area contributed by atoms with Gasteiger partial charge in [0.05, 0.1) is 18.7 Å². The molecule has 0 bridgehead atoms. The number of carbonyl (C=O) groups is 3. The maximum Gasteiger partial charge on any atom is 0.354 e. The molecule has 4 aliphatic rings. The lowest BCUT2D eigenvalue weighted by Crippen LogP contribution is -2.58. The molecule has 8 nitrogen and oxygen atoms in total. The zero-order chi connectivity index (χ0) is 29.2. The Morgan fingerprint density at radius 3 is 2.56 bits per heavy atom. The van der Waals surface area contributed by atoms with Gasteiger partial charge in [0, 0.05) is 55.0 Å². The Morgan fingerprint density at radius 1 is 1.17 bits per heavy atom. The van der Waals surface area contributed by atoms with Gasteiger partial charge in [-0.05, 0) is 60.9 Å². The van der Waals surface area contributed by atoms with Crippen molar-refractivity contribution in [1.29, 1.82) is 0 Å². The van der Waals surface area contributed by atoms with Crippen molar-refractivity contribution in [2.45, 2.75) is 77.4 Å². The van der Waals surface area contributed by atoms with Gasteiger partial charge in [-0.15, -0.1) is 0 Å². The molecule has 2 aliphatic carbocycles. The fraction of sp³-hybridized carbons (Fsp3) is 0.515. The fourth-order valence-corrected chi connectivity index (χ4v) is 7.81. The zero-order valence-corrected chi connectivity index (χ0v) is 24.4. The number of likely N-dealkylation sites (tertiary alicyclic amines) is 1. The van der Waals surface area contributed by atoms with Crippen LogP contribution in [-0.4, -0.2) is 59.0 Å². The van der Waals surface area contributed by atoms with Crippen LogP contribution in [0.25, 0.3) is 11.3 Å². The minimum absolute atomic E-state index is 0.0221. The quantitative estimate of drug-likeness (QED) is 0.514. The monoisotopic (exact) mass is 558 g/mol. The summed E-state index contributed by atoms with van der Waals surface area (Å²) in [5.74, 6) is -0.557. The number of amides is 1. The molecule has 2 aromatic rings. The molecule has 1 saturated heterocycles. The minimum atomic E-state index is -1.10. The third-order valence-corrected chi connectivity index (χ3v) is 10.1. The third-order valence-electron chi connectivity index (χ3n) is 10.1. The maximum absolute atomic E-state index is 14.2. The third kappa shape index (κ3) is 4.34. The van der Waals surface area contributed by atoms with Crippen molar-refractivity contribution in [3.63, 3.8) is 0 Å². The van der Waals surface area contributed by atoms with E-state index in [2.05, 4.69) is 18.8 Å². The SMILES string of the molecule is COc1ccc(-c2cccc(C(=O)O)n2)c(C)c1[C@H]1C2=C(CC3(CCC3)CC2=O)O[C@H]2C[C@@H](C(C)C)N(C)C(=O)[C@@H]21. The van der Waals surface area contributed by atoms with Crippen molar-refractivity contribution in [3.05, 3.63) is 58.5 Å². The number of allylic oxidation sites excluding steroid dienone is 2. The van der Waals surface area contributed by atoms with E-state index in [1.54, 1.807) is 19.2 Å². The molecule has 6 rings (SSSR count). The second-order valence-electron chi connectivity index (χ2n) is 12.7. The molecular formula is C33H38N2O6. The molecule has 2 aliphatic heterocycles. The van der Waals surface area contributed by atoms with Gasteiger partial charge < -0.3 is 19.5 Å². The van der Waals surface area contributed by atoms with Gasteiger partial charge in [-0.2, -0.15) is 0 Å². The molecular weight excluding hydrogens is 520 g/mol. The molecule has 1 amide bonds. The average molecular weight is 559 g/mol. The number of rotatable bonds is 5. The Kier molecular flexibility index (Phi) is 6.70. The number of pyridine rings is 1. The van der Waals surface area contributed by atoms with Gasteiger partial charge in [0.15, 0.2) is 5.78 Å². The molecule has 8 heteroatoms. The summed E-state index contributed by atoms with van der Waals surface area (Å²) in [7, 11) is 3.46. The summed E-state index contributed by atoms with van der Waals surface area (Å²) < 4.78 is 12.6. The zero-order valence-electron chi connectivity index (χ0n) is 24.4. The lowest BCUT2D eigenvalue weighted by atomic mass is 9.57. The predicted octanol–water partition coefficient (Wildman–Crippen LogP) is 5.54. The van der Waals surface area contributed by atoms with Crippen LogP contribution in [0.4, 0.5) is 0 Å². The second kappa shape index (κ2) is 10.00. The Labute approximate surface area is 240 Å². The maximum atomic E-state index is 14.2. The largest absolute Gasteiger partial charge is 0.496 e. The van der Waals surface area contributed by atoms with E-state index in [1.807, 2.05) is 31.0 Å². The van der Waals surface area contributed by atoms with Crippen LogP contribution in [0.3, 0.4) is 0 Å². The molecule has 0 radical (unpaired) electrons. The highest BCUT2D eigenvalue weighted by Gasteiger charge is 2.56. The number of aromatic nitrogens is 1. The molecule has 216 valence electrons. The number of fused-ring (bicyclic) bond motifs is 1. The lowest BCUT2D eigenvalue weighted by Gasteiger charge is -2.53. The van der Waals surface area contributed by atoms with Crippen molar-refractivity contribution in [3.8, 4) is 17.0 Å². The van der Waals surface area contributed by atoms with Gasteiger partial charge in [0.1, 0.15) is 23.3 Å². The summed E-state index contributed by atoms with van der Waals surface area (Å²) >= 11 is 0. The number of nitrogens with zero attached hydrogens (tertiary/aromatic N) is 2. The first kappa shape index (κ1) is 27.5. The van der Waals surface area contributed by atoms with Crippen molar-refractivity contribution >= 4 is 17.7 Å². The fourth-order valence-electron chi connectivity index (χ4n) is 7.81. The van der Waals surface area contributed by atoms with E-state index in [4.69, 9.17) is 9.47 Å². The molecule has 4 atom stereocenters. The molecule has 2 fully saturated rings. The van der Waals surface area contributed by atoms with Gasteiger partial charge in [-0.3, -0.25) is 9.59 Å². The van der Waals surface area contributed by atoms with Crippen molar-refractivity contribution in [1.82, 2.24) is 9.88 Å². The van der Waals surface area contributed by atoms with Crippen LogP contribution >= 0.6 is 0 Å². The minimum Gasteiger partial charge on any atom is -0.496 e. The van der Waals surface area contributed by atoms with Crippen LogP contribution in [0.15, 0.2) is 41.7 Å². The van der Waals surface area contributed by atoms with E-state index >= 15 is 0 Å². The second-order valence-corrected chi connectivity index (χ2v) is 12.7. The Morgan fingerprint density at radius 2 is 1.93 bits per heavy atom. The number of benzene rings is 1. The number of ether oxygens (including phenoxy) is 2. The van der Waals surface area contributed by atoms with E-state index in [-0.39, 0.29) is 40.9 Å². The van der Waals surface area contributed by atoms with Gasteiger partial charge in [-0.1, -0.05) is 26.3 Å². The highest BCUT2D eigenvalue weighted by atomic mass is 16.5. The van der Waals surface area contributed by atoms with Crippen molar-refractivity contribution < 1.29 is 29.0 Å². The van der Waals surface area contributed by atoms with Crippen LogP contribution in [0.5, 0.6) is 5.75 Å². The highest BCUT2D eigenvalue weighted by molar-refractivity contribution is 6.01. The van der Waals surface area contributed by atoms with Gasteiger partial charge >= 0.3 is 5.97 Å². The molecule has 1 saturated carbocycles. The number of methoxy groups -OCH3 is 1. The van der Waals surface area contributed by atoms with Gasteiger partial charge in [0.25, 0.3) is 0 Å². The van der Waals surface area contributed by atoms with E-state index in [9.17, 15) is 19.5 Å². The smallest absolute Gasteiger partial charge is 0.354 e. The predicted molar refractivity (Wildman–Crippen MR) is 153 cm³/mol. The molecule has 1 aromatic carbocycles. The van der Waals surface area contributed by atoms with E-state index < -0.39 is 17.8 Å². The van der Waals surface area contributed by atoms with Crippen LogP contribution in [-0.2, 0) is 14.3 Å². The number of piperidine rings is 1. The highest BCUT2D eigenvalue weighted by Crippen LogP contribution is 2.59. The van der Waals surface area contributed by atoms with Crippen LogP contribution < -0.4 is 4.74 Å². The van der Waals surface area contributed by atoms with E-state index in [0.29, 0.717) is 29.9 Å². The summed E-state index contributed by atoms with van der Waals surface area (Å²) in [6, 6.07) is 8.67. The summed E-state index contributed by atoms with van der Waals surface area (Å²) in [5, 5.41) is 9.55. The normalized spacial score (nSPS) is 26.8. The summed E-state index contributed by atoms with van der Waals surface area (Å²) in [6.07, 6.45) is 4.73. The average Bonchev–Trinajstić information content (AvgIpc) is 2.92. The Hall–Kier alpha value is -3.68. The Bertz CT molecular complexity index is 1470. The lowest BCUT2D eigenvalue weighted by molar-refractivity contribution is -0.155. The van der Waals surface area contributed by atoms with E-state index in [1.165, 1.54) is 6.07 Å². The van der Waals surface area contributed by atoms with Gasteiger partial charge in [0.2, 0.25) is 5.91 Å². The number of carboxylic acid groups (broad SMARTS) is 1. The molecule has 1 spiro atoms. The Balaban J connectivity index is 1.56. The van der Waals surface area contributed by atoms with Gasteiger partial charge in [-0.25, -0.2) is 9.78 Å². The number of Topliss-reactive ketones (excluding diaryl/α,β-unsaturated/α-hetero) is 1. The first-order valence-electron chi connectivity index (χ1n) is 14.6. The molecule has 41 heavy (non-hydrogen) atoms.